The van der Waals surface area contributed by atoms with Crippen LogP contribution in [0.15, 0.2) is 72.2 Å². The number of carboxylic acids is 1. The van der Waals surface area contributed by atoms with Crippen molar-refractivity contribution in [2.75, 3.05) is 0 Å². The molecule has 1 radical (unpaired) electrons. The molecule has 1 aromatic heterocycles. The van der Waals surface area contributed by atoms with Crippen molar-refractivity contribution < 1.29 is 29.0 Å². The van der Waals surface area contributed by atoms with E-state index >= 15 is 0 Å². The SMILES string of the molecule is O=C(O)c1ccc(-c2ccc3c(c2)C(=O)N(C(C(=O)[As]c2nccs2)c2cc(F)ccc2O)C3)cc1. The molecule has 1 aliphatic rings. The minimum absolute atomic E-state index is 0.0394. The van der Waals surface area contributed by atoms with Crippen molar-refractivity contribution >= 4 is 47.3 Å². The molecule has 0 saturated heterocycles. The van der Waals surface area contributed by atoms with Gasteiger partial charge in [0, 0.05) is 0 Å². The predicted octanol–water partition coefficient (Wildman–Crippen LogP) is 3.61. The van der Waals surface area contributed by atoms with Gasteiger partial charge in [0.15, 0.2) is 0 Å². The Kier molecular flexibility index (Phi) is 6.43. The molecular weight excluding hydrogens is 546 g/mol. The summed E-state index contributed by atoms with van der Waals surface area (Å²) < 4.78 is 14.5. The molecule has 1 amide bonds. The van der Waals surface area contributed by atoms with Gasteiger partial charge in [-0.1, -0.05) is 0 Å². The number of carboxylic acid groups (broad SMARTS) is 1. The van der Waals surface area contributed by atoms with E-state index in [0.717, 1.165) is 17.7 Å². The molecule has 0 fully saturated rings. The zero-order valence-electron chi connectivity index (χ0n) is 18.5. The number of aromatic hydroxyl groups is 1. The molecule has 1 aliphatic heterocycles. The fourth-order valence-corrected chi connectivity index (χ4v) is 7.22. The molecule has 36 heavy (non-hydrogen) atoms. The van der Waals surface area contributed by atoms with Gasteiger partial charge in [0.2, 0.25) is 0 Å². The molecule has 0 aliphatic carbocycles. The number of fused-ring (bicyclic) bond motifs is 1. The zero-order chi connectivity index (χ0) is 25.4. The summed E-state index contributed by atoms with van der Waals surface area (Å²) in [4.78, 5) is 43.7. The number of phenolic OH excluding ortho intramolecular Hbond substituents is 1. The van der Waals surface area contributed by atoms with Gasteiger partial charge in [-0.3, -0.25) is 0 Å². The summed E-state index contributed by atoms with van der Waals surface area (Å²) in [6, 6.07) is 13.8. The molecule has 0 saturated carbocycles. The van der Waals surface area contributed by atoms with Gasteiger partial charge >= 0.3 is 206 Å². The number of thiazole rings is 1. The summed E-state index contributed by atoms with van der Waals surface area (Å²) in [6.07, 6.45) is 1.60. The molecule has 7 nitrogen and oxygen atoms in total. The number of amides is 1. The Labute approximate surface area is 215 Å². The van der Waals surface area contributed by atoms with E-state index in [1.807, 2.05) is 6.07 Å². The number of carbonyl (C=O) groups excluding carboxylic acids is 2. The third-order valence-corrected chi connectivity index (χ3v) is 9.19. The second kappa shape index (κ2) is 9.68. The van der Waals surface area contributed by atoms with Gasteiger partial charge in [-0.05, 0) is 0 Å². The third-order valence-electron chi connectivity index (χ3n) is 5.86. The Bertz CT molecular complexity index is 1490. The van der Waals surface area contributed by atoms with Crippen LogP contribution in [0.1, 0.15) is 37.9 Å². The van der Waals surface area contributed by atoms with Crippen molar-refractivity contribution in [3.63, 3.8) is 0 Å². The van der Waals surface area contributed by atoms with Crippen LogP contribution in [0.3, 0.4) is 0 Å². The molecule has 0 spiro atoms. The van der Waals surface area contributed by atoms with Crippen molar-refractivity contribution in [3.8, 4) is 16.9 Å². The van der Waals surface area contributed by atoms with Gasteiger partial charge in [0.25, 0.3) is 0 Å². The van der Waals surface area contributed by atoms with Gasteiger partial charge in [-0.2, -0.15) is 0 Å². The average Bonchev–Trinajstić information content (AvgIpc) is 3.49. The Morgan fingerprint density at radius 3 is 2.50 bits per heavy atom. The number of nitrogens with zero attached hydrogens (tertiary/aromatic N) is 2. The molecule has 4 aromatic rings. The second-order valence-corrected chi connectivity index (χ2v) is 11.9. The number of carbonyl (C=O) groups is 3. The molecule has 0 bridgehead atoms. The van der Waals surface area contributed by atoms with Crippen molar-refractivity contribution in [2.24, 2.45) is 0 Å². The van der Waals surface area contributed by atoms with Crippen LogP contribution in [0.25, 0.3) is 11.1 Å². The number of benzene rings is 3. The van der Waals surface area contributed by atoms with Crippen molar-refractivity contribution in [1.82, 2.24) is 9.88 Å². The maximum atomic E-state index is 14.1. The fraction of sp³-hybridized carbons (Fsp3) is 0.0769. The van der Waals surface area contributed by atoms with E-state index < -0.39 is 39.5 Å². The Morgan fingerprint density at radius 2 is 1.81 bits per heavy atom. The Hall–Kier alpha value is -3.81. The normalized spacial score (nSPS) is 13.8. The van der Waals surface area contributed by atoms with Crippen molar-refractivity contribution in [2.45, 2.75) is 12.6 Å². The summed E-state index contributed by atoms with van der Waals surface area (Å²) in [5.41, 5.74) is 2.74. The van der Waals surface area contributed by atoms with Gasteiger partial charge in [-0.15, -0.1) is 0 Å². The Balaban J connectivity index is 1.50. The first-order valence-corrected chi connectivity index (χ1v) is 13.5. The van der Waals surface area contributed by atoms with Gasteiger partial charge < -0.3 is 5.11 Å². The molecule has 3 aromatic carbocycles. The van der Waals surface area contributed by atoms with E-state index in [1.54, 1.807) is 35.8 Å². The number of hydrogen-bond donors (Lipinski definition) is 2. The van der Waals surface area contributed by atoms with E-state index in [2.05, 4.69) is 4.98 Å². The predicted molar refractivity (Wildman–Crippen MR) is 132 cm³/mol. The topological polar surface area (TPSA) is 108 Å². The molecule has 2 N–H and O–H groups in total. The van der Waals surface area contributed by atoms with Crippen LogP contribution < -0.4 is 3.80 Å². The molecule has 5 rings (SSSR count). The second-order valence-electron chi connectivity index (χ2n) is 8.06. The summed E-state index contributed by atoms with van der Waals surface area (Å²) >= 11 is 0.253. The standard InChI is InChI=1S/C26H17AsFN2O5S/c28-18-7-8-21(31)20(12-18)22(23(32)27-26-29-9-10-36-26)30-13-17-6-5-16(11-19(17)24(30)33)14-1-3-15(4-2-14)25(34)35/h1-12,22,31H,13H2,(H,34,35). The summed E-state index contributed by atoms with van der Waals surface area (Å²) in [5, 5.41) is 21.4. The zero-order valence-corrected chi connectivity index (χ0v) is 21.2. The third kappa shape index (κ3) is 4.55. The molecule has 179 valence electrons. The van der Waals surface area contributed by atoms with Crippen LogP contribution in [-0.4, -0.2) is 52.3 Å². The van der Waals surface area contributed by atoms with E-state index in [0.29, 0.717) is 20.5 Å². The summed E-state index contributed by atoms with van der Waals surface area (Å²) in [5.74, 6) is -2.32. The van der Waals surface area contributed by atoms with Crippen LogP contribution in [-0.2, 0) is 11.3 Å². The van der Waals surface area contributed by atoms with Crippen LogP contribution in [0.5, 0.6) is 5.75 Å². The summed E-state index contributed by atoms with van der Waals surface area (Å²) in [6.45, 7) is 0.123. The quantitative estimate of drug-likeness (QED) is 0.333. The fourth-order valence-electron chi connectivity index (χ4n) is 4.12. The van der Waals surface area contributed by atoms with Crippen molar-refractivity contribution in [3.05, 3.63) is 100 Å². The monoisotopic (exact) mass is 563 g/mol. The molecule has 2 heterocycles. The first-order valence-electron chi connectivity index (χ1n) is 10.7. The number of aromatic carboxylic acids is 1. The number of phenols is 1. The average molecular weight is 563 g/mol. The molecule has 10 heteroatoms. The van der Waals surface area contributed by atoms with Crippen LogP contribution >= 0.6 is 11.3 Å². The van der Waals surface area contributed by atoms with E-state index in [9.17, 15) is 23.9 Å². The van der Waals surface area contributed by atoms with Crippen LogP contribution in [0.2, 0.25) is 0 Å². The number of rotatable bonds is 7. The first kappa shape index (κ1) is 23.9. The Morgan fingerprint density at radius 1 is 1.06 bits per heavy atom. The molecular formula is C26H17AsFN2O5S. The van der Waals surface area contributed by atoms with E-state index in [4.69, 9.17) is 5.11 Å². The van der Waals surface area contributed by atoms with Crippen molar-refractivity contribution in [1.29, 1.82) is 0 Å². The molecule has 1 unspecified atom stereocenters. The van der Waals surface area contributed by atoms with Gasteiger partial charge in [-0.25, -0.2) is 4.79 Å². The summed E-state index contributed by atoms with van der Waals surface area (Å²) in [7, 11) is 0. The number of hydrogen-bond acceptors (Lipinski definition) is 6. The maximum absolute atomic E-state index is 14.1. The molecule has 1 atom stereocenters. The first-order chi connectivity index (χ1) is 17.3. The van der Waals surface area contributed by atoms with E-state index in [-0.39, 0.29) is 28.0 Å². The van der Waals surface area contributed by atoms with Crippen LogP contribution in [0.4, 0.5) is 4.39 Å². The van der Waals surface area contributed by atoms with Gasteiger partial charge in [0.05, 0.1) is 0 Å². The minimum atomic E-state index is -1.16. The number of aromatic nitrogens is 1. The van der Waals surface area contributed by atoms with E-state index in [1.165, 1.54) is 34.4 Å². The van der Waals surface area contributed by atoms with Crippen LogP contribution in [0, 0.1) is 5.82 Å². The number of halogens is 1. The van der Waals surface area contributed by atoms with Gasteiger partial charge in [0.1, 0.15) is 0 Å².